The summed E-state index contributed by atoms with van der Waals surface area (Å²) < 4.78 is 0. The Kier molecular flexibility index (Phi) is 4.01. The van der Waals surface area contributed by atoms with Crippen LogP contribution in [0.2, 0.25) is 0 Å². The van der Waals surface area contributed by atoms with Crippen LogP contribution in [0.4, 0.5) is 0 Å². The van der Waals surface area contributed by atoms with E-state index >= 15 is 0 Å². The summed E-state index contributed by atoms with van der Waals surface area (Å²) in [6.07, 6.45) is 5.04. The zero-order valence-electron chi connectivity index (χ0n) is 14.4. The van der Waals surface area contributed by atoms with Gasteiger partial charge in [0.1, 0.15) is 0 Å². The van der Waals surface area contributed by atoms with Gasteiger partial charge < -0.3 is 10.0 Å². The fourth-order valence-corrected chi connectivity index (χ4v) is 6.55. The van der Waals surface area contributed by atoms with Crippen molar-refractivity contribution in [3.8, 4) is 0 Å². The largest absolute Gasteiger partial charge is 0.393 e. The molecule has 5 heteroatoms. The second-order valence-corrected chi connectivity index (χ2v) is 9.18. The van der Waals surface area contributed by atoms with Crippen LogP contribution in [0.3, 0.4) is 0 Å². The lowest BCUT2D eigenvalue weighted by molar-refractivity contribution is -0.159. The van der Waals surface area contributed by atoms with Crippen molar-refractivity contribution >= 4 is 17.7 Å². The highest BCUT2D eigenvalue weighted by molar-refractivity contribution is 8.03. The number of hydrogen-bond acceptors (Lipinski definition) is 4. The summed E-state index contributed by atoms with van der Waals surface area (Å²) in [7, 11) is 0. The number of rotatable bonds is 4. The van der Waals surface area contributed by atoms with E-state index in [1.165, 1.54) is 43.7 Å². The van der Waals surface area contributed by atoms with Crippen LogP contribution >= 0.6 is 11.8 Å². The van der Waals surface area contributed by atoms with Gasteiger partial charge in [0.15, 0.2) is 0 Å². The number of carbonyl (C=O) groups excluding carboxylic acids is 1. The van der Waals surface area contributed by atoms with Gasteiger partial charge in [-0.1, -0.05) is 19.8 Å². The van der Waals surface area contributed by atoms with Gasteiger partial charge in [0.2, 0.25) is 5.91 Å². The minimum atomic E-state index is -0.537. The molecular formula is C18H28N2O2S. The molecule has 3 heterocycles. The molecule has 128 valence electrons. The maximum Gasteiger partial charge on any atom is 0.234 e. The van der Waals surface area contributed by atoms with Crippen LogP contribution in [-0.4, -0.2) is 57.3 Å². The Morgan fingerprint density at radius 1 is 1.26 bits per heavy atom. The van der Waals surface area contributed by atoms with E-state index in [2.05, 4.69) is 18.7 Å². The van der Waals surface area contributed by atoms with Crippen molar-refractivity contribution in [2.45, 2.75) is 69.9 Å². The molecule has 0 bridgehead atoms. The zero-order chi connectivity index (χ0) is 16.3. The second-order valence-electron chi connectivity index (χ2n) is 7.84. The summed E-state index contributed by atoms with van der Waals surface area (Å²) in [5.41, 5.74) is 1.15. The average molecular weight is 337 g/mol. The lowest BCUT2D eigenvalue weighted by Crippen LogP contribution is -2.62. The van der Waals surface area contributed by atoms with Gasteiger partial charge in [-0.25, -0.2) is 0 Å². The topological polar surface area (TPSA) is 43.8 Å². The summed E-state index contributed by atoms with van der Waals surface area (Å²) in [5, 5.41) is 10.6. The molecular weight excluding hydrogens is 308 g/mol. The molecule has 4 unspecified atom stereocenters. The molecule has 0 aromatic heterocycles. The maximum absolute atomic E-state index is 12.3. The molecule has 4 rings (SSSR count). The van der Waals surface area contributed by atoms with Gasteiger partial charge in [-0.15, -0.1) is 11.8 Å². The highest BCUT2D eigenvalue weighted by atomic mass is 32.2. The van der Waals surface area contributed by atoms with E-state index in [1.54, 1.807) is 6.92 Å². The SMILES string of the molecule is CC1=C(SC2CN(C3CCCC3)C2)C(C)C2C(C(C)O)C(=O)N12. The molecule has 0 aromatic rings. The number of aliphatic hydroxyl groups is 1. The molecule has 3 aliphatic heterocycles. The van der Waals surface area contributed by atoms with E-state index in [0.717, 1.165) is 11.7 Å². The quantitative estimate of drug-likeness (QED) is 0.801. The van der Waals surface area contributed by atoms with E-state index in [4.69, 9.17) is 0 Å². The van der Waals surface area contributed by atoms with Crippen molar-refractivity contribution < 1.29 is 9.90 Å². The van der Waals surface area contributed by atoms with E-state index in [1.807, 2.05) is 16.7 Å². The number of likely N-dealkylation sites (tertiary alicyclic amines) is 1. The lowest BCUT2D eigenvalue weighted by Gasteiger charge is -2.46. The van der Waals surface area contributed by atoms with E-state index in [0.29, 0.717) is 11.2 Å². The third-order valence-corrected chi connectivity index (χ3v) is 7.92. The number of amides is 1. The molecule has 4 aliphatic rings. The van der Waals surface area contributed by atoms with Crippen LogP contribution in [-0.2, 0) is 4.79 Å². The highest BCUT2D eigenvalue weighted by Gasteiger charge is 2.57. The lowest BCUT2D eigenvalue weighted by atomic mass is 9.79. The van der Waals surface area contributed by atoms with Crippen molar-refractivity contribution in [3.63, 3.8) is 0 Å². The number of carbonyl (C=O) groups is 1. The smallest absolute Gasteiger partial charge is 0.234 e. The van der Waals surface area contributed by atoms with Gasteiger partial charge in [-0.3, -0.25) is 9.69 Å². The van der Waals surface area contributed by atoms with Gasteiger partial charge in [0.25, 0.3) is 0 Å². The number of fused-ring (bicyclic) bond motifs is 1. The van der Waals surface area contributed by atoms with Crippen LogP contribution in [0, 0.1) is 11.8 Å². The van der Waals surface area contributed by atoms with Crippen molar-refractivity contribution in [3.05, 3.63) is 10.6 Å². The van der Waals surface area contributed by atoms with Gasteiger partial charge in [0.05, 0.1) is 18.1 Å². The molecule has 1 N–H and O–H groups in total. The number of nitrogens with zero attached hydrogens (tertiary/aromatic N) is 2. The second kappa shape index (κ2) is 5.78. The third kappa shape index (κ3) is 2.38. The maximum atomic E-state index is 12.3. The summed E-state index contributed by atoms with van der Waals surface area (Å²) in [6.45, 7) is 8.47. The van der Waals surface area contributed by atoms with E-state index in [9.17, 15) is 9.90 Å². The highest BCUT2D eigenvalue weighted by Crippen LogP contribution is 2.51. The molecule has 2 saturated heterocycles. The van der Waals surface area contributed by atoms with E-state index in [-0.39, 0.29) is 17.9 Å². The summed E-state index contributed by atoms with van der Waals surface area (Å²) in [5.74, 6) is 0.290. The molecule has 4 nitrogen and oxygen atoms in total. The first kappa shape index (κ1) is 16.0. The van der Waals surface area contributed by atoms with Gasteiger partial charge in [0, 0.05) is 40.9 Å². The molecule has 4 atom stereocenters. The molecule has 1 aliphatic carbocycles. The molecule has 0 radical (unpaired) electrons. The first-order valence-electron chi connectivity index (χ1n) is 9.11. The number of allylic oxidation sites excluding steroid dienone is 1. The fraction of sp³-hybridized carbons (Fsp3) is 0.833. The number of β-lactam (4-membered cyclic amide) rings is 1. The van der Waals surface area contributed by atoms with Crippen LogP contribution in [0.1, 0.15) is 46.5 Å². The molecule has 0 spiro atoms. The number of hydrogen-bond donors (Lipinski definition) is 1. The summed E-state index contributed by atoms with van der Waals surface area (Å²) in [6, 6.07) is 1.03. The fourth-order valence-electron chi connectivity index (χ4n) is 5.03. The van der Waals surface area contributed by atoms with Crippen molar-refractivity contribution in [2.24, 2.45) is 11.8 Å². The van der Waals surface area contributed by atoms with Gasteiger partial charge in [-0.05, 0) is 26.7 Å². The third-order valence-electron chi connectivity index (χ3n) is 6.36. The van der Waals surface area contributed by atoms with Gasteiger partial charge in [-0.2, -0.15) is 0 Å². The monoisotopic (exact) mass is 336 g/mol. The van der Waals surface area contributed by atoms with Crippen molar-refractivity contribution in [2.75, 3.05) is 13.1 Å². The summed E-state index contributed by atoms with van der Waals surface area (Å²) in [4.78, 5) is 18.3. The van der Waals surface area contributed by atoms with Crippen LogP contribution in [0.25, 0.3) is 0 Å². The van der Waals surface area contributed by atoms with Crippen molar-refractivity contribution in [1.29, 1.82) is 0 Å². The first-order valence-corrected chi connectivity index (χ1v) is 9.99. The Hall–Kier alpha value is -0.520. The van der Waals surface area contributed by atoms with E-state index < -0.39 is 6.10 Å². The average Bonchev–Trinajstić information content (AvgIpc) is 3.01. The van der Waals surface area contributed by atoms with Crippen molar-refractivity contribution in [1.82, 2.24) is 9.80 Å². The molecule has 0 aromatic carbocycles. The van der Waals surface area contributed by atoms with Crippen LogP contribution in [0.15, 0.2) is 10.6 Å². The first-order chi connectivity index (χ1) is 11.0. The molecule has 1 amide bonds. The Balaban J connectivity index is 1.38. The minimum absolute atomic E-state index is 0.117. The Bertz CT molecular complexity index is 535. The minimum Gasteiger partial charge on any atom is -0.393 e. The molecule has 23 heavy (non-hydrogen) atoms. The standard InChI is InChI=1S/C18H28N2O2S/c1-10-16-15(12(3)21)18(22)20(16)11(2)17(10)23-14-8-19(9-14)13-6-4-5-7-13/h10,12-16,21H,4-9H2,1-3H3. The van der Waals surface area contributed by atoms with Gasteiger partial charge >= 0.3 is 0 Å². The Morgan fingerprint density at radius 3 is 2.52 bits per heavy atom. The number of thioether (sulfide) groups is 1. The Morgan fingerprint density at radius 2 is 1.91 bits per heavy atom. The normalized spacial score (nSPS) is 37.1. The zero-order valence-corrected chi connectivity index (χ0v) is 15.2. The predicted octanol–water partition coefficient (Wildman–Crippen LogP) is 2.44. The predicted molar refractivity (Wildman–Crippen MR) is 92.9 cm³/mol. The van der Waals surface area contributed by atoms with Crippen LogP contribution < -0.4 is 0 Å². The number of aliphatic hydroxyl groups excluding tert-OH is 1. The molecule has 3 fully saturated rings. The van der Waals surface area contributed by atoms with Crippen LogP contribution in [0.5, 0.6) is 0 Å². The molecule has 1 saturated carbocycles. The summed E-state index contributed by atoms with van der Waals surface area (Å²) >= 11 is 2.00. The Labute approximate surface area is 143 Å².